The Balaban J connectivity index is 1.80. The lowest BCUT2D eigenvalue weighted by atomic mass is 9.98. The predicted molar refractivity (Wildman–Crippen MR) is 79.0 cm³/mol. The van der Waals surface area contributed by atoms with Crippen LogP contribution in [0, 0.1) is 5.92 Å². The van der Waals surface area contributed by atoms with E-state index in [1.165, 1.54) is 0 Å². The van der Waals surface area contributed by atoms with Crippen molar-refractivity contribution in [3.63, 3.8) is 0 Å². The number of hydrogen-bond donors (Lipinski definition) is 1. The van der Waals surface area contributed by atoms with Crippen molar-refractivity contribution >= 4 is 16.9 Å². The number of aromatic nitrogens is 2. The second-order valence-corrected chi connectivity index (χ2v) is 5.96. The van der Waals surface area contributed by atoms with Crippen molar-refractivity contribution in [1.29, 1.82) is 0 Å². The zero-order chi connectivity index (χ0) is 15.9. The summed E-state index contributed by atoms with van der Waals surface area (Å²) in [7, 11) is 4.00. The fourth-order valence-corrected chi connectivity index (χ4v) is 2.87. The number of nitrogens with zero attached hydrogens (tertiary/aromatic N) is 3. The third-order valence-electron chi connectivity index (χ3n) is 3.84. The number of aromatic amines is 1. The van der Waals surface area contributed by atoms with Gasteiger partial charge in [0, 0.05) is 25.6 Å². The minimum atomic E-state index is -2.68. The van der Waals surface area contributed by atoms with Crippen LogP contribution in [0.25, 0.3) is 11.0 Å². The molecule has 0 atom stereocenters. The van der Waals surface area contributed by atoms with Crippen LogP contribution in [0.2, 0.25) is 0 Å². The monoisotopic (exact) mass is 308 g/mol. The van der Waals surface area contributed by atoms with E-state index in [-0.39, 0.29) is 5.91 Å². The van der Waals surface area contributed by atoms with Crippen LogP contribution in [-0.4, -0.2) is 59.4 Å². The van der Waals surface area contributed by atoms with Crippen LogP contribution >= 0.6 is 0 Å². The molecule has 1 N–H and O–H groups in total. The van der Waals surface area contributed by atoms with Crippen molar-refractivity contribution in [2.24, 2.45) is 5.92 Å². The van der Waals surface area contributed by atoms with Gasteiger partial charge in [-0.3, -0.25) is 4.79 Å². The standard InChI is InChI=1S/C15H18F2N4O/c1-20(2)6-9-7-21(8-9)15(22)10-4-3-5-11-12(10)19-14(18-11)13(16)17/h3-5,9,13H,6-8H2,1-2H3,(H,18,19). The van der Waals surface area contributed by atoms with Gasteiger partial charge in [0.25, 0.3) is 12.3 Å². The van der Waals surface area contributed by atoms with Crippen LogP contribution < -0.4 is 0 Å². The van der Waals surface area contributed by atoms with Gasteiger partial charge in [-0.05, 0) is 26.2 Å². The summed E-state index contributed by atoms with van der Waals surface area (Å²) in [4.78, 5) is 22.8. The highest BCUT2D eigenvalue weighted by atomic mass is 19.3. The number of likely N-dealkylation sites (tertiary alicyclic amines) is 1. The number of hydrogen-bond acceptors (Lipinski definition) is 3. The molecule has 2 aromatic rings. The maximum Gasteiger partial charge on any atom is 0.295 e. The number of fused-ring (bicyclic) bond motifs is 1. The summed E-state index contributed by atoms with van der Waals surface area (Å²) < 4.78 is 25.5. The highest BCUT2D eigenvalue weighted by Crippen LogP contribution is 2.25. The van der Waals surface area contributed by atoms with E-state index in [2.05, 4.69) is 14.9 Å². The van der Waals surface area contributed by atoms with E-state index >= 15 is 0 Å². The number of amides is 1. The van der Waals surface area contributed by atoms with Gasteiger partial charge in [-0.1, -0.05) is 6.07 Å². The van der Waals surface area contributed by atoms with E-state index in [0.717, 1.165) is 6.54 Å². The Morgan fingerprint density at radius 1 is 1.45 bits per heavy atom. The molecule has 22 heavy (non-hydrogen) atoms. The zero-order valence-corrected chi connectivity index (χ0v) is 12.5. The van der Waals surface area contributed by atoms with Crippen molar-refractivity contribution in [2.45, 2.75) is 6.43 Å². The predicted octanol–water partition coefficient (Wildman–Crippen LogP) is 2.13. The van der Waals surface area contributed by atoms with Gasteiger partial charge in [-0.2, -0.15) is 0 Å². The maximum atomic E-state index is 12.8. The van der Waals surface area contributed by atoms with Gasteiger partial charge in [0.1, 0.15) is 5.52 Å². The number of carbonyl (C=O) groups excluding carboxylic acids is 1. The van der Waals surface area contributed by atoms with Gasteiger partial charge in [0.15, 0.2) is 5.82 Å². The lowest BCUT2D eigenvalue weighted by Crippen LogP contribution is -2.53. The summed E-state index contributed by atoms with van der Waals surface area (Å²) in [5.74, 6) is -0.0776. The summed E-state index contributed by atoms with van der Waals surface area (Å²) in [6, 6.07) is 4.97. The molecular weight excluding hydrogens is 290 g/mol. The first-order valence-corrected chi connectivity index (χ1v) is 7.16. The lowest BCUT2D eigenvalue weighted by molar-refractivity contribution is 0.0452. The molecule has 1 aromatic carbocycles. The Morgan fingerprint density at radius 2 is 2.18 bits per heavy atom. The normalized spacial score (nSPS) is 15.8. The fraction of sp³-hybridized carbons (Fsp3) is 0.467. The molecule has 1 fully saturated rings. The highest BCUT2D eigenvalue weighted by molar-refractivity contribution is 6.05. The summed E-state index contributed by atoms with van der Waals surface area (Å²) >= 11 is 0. The summed E-state index contributed by atoms with van der Waals surface area (Å²) in [6.07, 6.45) is -2.68. The van der Waals surface area contributed by atoms with Gasteiger partial charge < -0.3 is 14.8 Å². The Kier molecular flexibility index (Phi) is 3.82. The van der Waals surface area contributed by atoms with Gasteiger partial charge in [0.05, 0.1) is 11.1 Å². The molecule has 0 aliphatic carbocycles. The summed E-state index contributed by atoms with van der Waals surface area (Å²) in [5.41, 5.74) is 1.16. The van der Waals surface area contributed by atoms with E-state index in [1.807, 2.05) is 14.1 Å². The Bertz CT molecular complexity index is 692. The number of rotatable bonds is 4. The first kappa shape index (κ1) is 14.9. The van der Waals surface area contributed by atoms with Gasteiger partial charge in [-0.15, -0.1) is 0 Å². The molecule has 0 bridgehead atoms. The Morgan fingerprint density at radius 3 is 2.82 bits per heavy atom. The van der Waals surface area contributed by atoms with Gasteiger partial charge in [-0.25, -0.2) is 13.8 Å². The number of nitrogens with one attached hydrogen (secondary N) is 1. The third kappa shape index (κ3) is 2.68. The largest absolute Gasteiger partial charge is 0.338 e. The van der Waals surface area contributed by atoms with Crippen LogP contribution in [0.4, 0.5) is 8.78 Å². The van der Waals surface area contributed by atoms with Crippen molar-refractivity contribution in [2.75, 3.05) is 33.7 Å². The molecule has 1 amide bonds. The maximum absolute atomic E-state index is 12.8. The first-order valence-electron chi connectivity index (χ1n) is 7.16. The van der Waals surface area contributed by atoms with E-state index in [0.29, 0.717) is 35.6 Å². The van der Waals surface area contributed by atoms with Crippen molar-refractivity contribution in [1.82, 2.24) is 19.8 Å². The number of halogens is 2. The average molecular weight is 308 g/mol. The molecule has 2 heterocycles. The van der Waals surface area contributed by atoms with Crippen molar-refractivity contribution in [3.8, 4) is 0 Å². The molecule has 3 rings (SSSR count). The quantitative estimate of drug-likeness (QED) is 0.941. The summed E-state index contributed by atoms with van der Waals surface area (Å²) in [5, 5.41) is 0. The number of carbonyl (C=O) groups is 1. The molecule has 0 radical (unpaired) electrons. The topological polar surface area (TPSA) is 52.2 Å². The number of benzene rings is 1. The Labute approximate surface area is 126 Å². The highest BCUT2D eigenvalue weighted by Gasteiger charge is 2.32. The molecule has 1 aromatic heterocycles. The van der Waals surface area contributed by atoms with Crippen LogP contribution in [-0.2, 0) is 0 Å². The third-order valence-corrected chi connectivity index (χ3v) is 3.84. The van der Waals surface area contributed by atoms with Crippen LogP contribution in [0.5, 0.6) is 0 Å². The molecule has 1 aliphatic rings. The molecule has 7 heteroatoms. The molecule has 118 valence electrons. The van der Waals surface area contributed by atoms with Crippen LogP contribution in [0.1, 0.15) is 22.6 Å². The Hall–Kier alpha value is -2.02. The SMILES string of the molecule is CN(C)CC1CN(C(=O)c2cccc3[nH]c(C(F)F)nc23)C1. The lowest BCUT2D eigenvalue weighted by Gasteiger charge is -2.40. The second-order valence-electron chi connectivity index (χ2n) is 5.96. The summed E-state index contributed by atoms with van der Waals surface area (Å²) in [6.45, 7) is 2.32. The minimum absolute atomic E-state index is 0.145. The van der Waals surface area contributed by atoms with Crippen LogP contribution in [0.3, 0.4) is 0 Å². The van der Waals surface area contributed by atoms with Crippen molar-refractivity contribution < 1.29 is 13.6 Å². The zero-order valence-electron chi connectivity index (χ0n) is 12.5. The average Bonchev–Trinajstić information content (AvgIpc) is 2.85. The molecule has 0 unspecified atom stereocenters. The van der Waals surface area contributed by atoms with E-state index in [9.17, 15) is 13.6 Å². The first-order chi connectivity index (χ1) is 10.5. The number of alkyl halides is 2. The second kappa shape index (κ2) is 5.64. The van der Waals surface area contributed by atoms with E-state index in [4.69, 9.17) is 0 Å². The molecule has 5 nitrogen and oxygen atoms in total. The molecule has 0 spiro atoms. The van der Waals surface area contributed by atoms with Crippen molar-refractivity contribution in [3.05, 3.63) is 29.6 Å². The molecule has 1 saturated heterocycles. The molecular formula is C15H18F2N4O. The van der Waals surface area contributed by atoms with E-state index in [1.54, 1.807) is 23.1 Å². The minimum Gasteiger partial charge on any atom is -0.338 e. The number of H-pyrrole nitrogens is 1. The number of imidazole rings is 1. The number of para-hydroxylation sites is 1. The smallest absolute Gasteiger partial charge is 0.295 e. The van der Waals surface area contributed by atoms with Gasteiger partial charge in [0.2, 0.25) is 0 Å². The van der Waals surface area contributed by atoms with Crippen LogP contribution in [0.15, 0.2) is 18.2 Å². The van der Waals surface area contributed by atoms with E-state index < -0.39 is 12.2 Å². The fourth-order valence-electron chi connectivity index (χ4n) is 2.87. The molecule has 0 saturated carbocycles. The molecule has 1 aliphatic heterocycles. The van der Waals surface area contributed by atoms with Gasteiger partial charge >= 0.3 is 0 Å².